The quantitative estimate of drug-likeness (QED) is 0.658. The minimum absolute atomic E-state index is 0.0126. The summed E-state index contributed by atoms with van der Waals surface area (Å²) in [4.78, 5) is 24.3. The van der Waals surface area contributed by atoms with Gasteiger partial charge in [-0.1, -0.05) is 19.1 Å². The number of amides is 2. The molecule has 7 nitrogen and oxygen atoms in total. The Morgan fingerprint density at radius 3 is 3.00 bits per heavy atom. The predicted octanol–water partition coefficient (Wildman–Crippen LogP) is 2.21. The molecule has 1 heterocycles. The Kier molecular flexibility index (Phi) is 5.32. The minimum atomic E-state index is -0.475. The Balaban J connectivity index is 2.06. The van der Waals surface area contributed by atoms with Crippen molar-refractivity contribution in [2.75, 3.05) is 13.1 Å². The van der Waals surface area contributed by atoms with Gasteiger partial charge in [0.05, 0.1) is 17.1 Å². The highest BCUT2D eigenvalue weighted by atomic mass is 16.6. The van der Waals surface area contributed by atoms with Crippen molar-refractivity contribution in [2.45, 2.75) is 38.3 Å². The van der Waals surface area contributed by atoms with E-state index in [2.05, 4.69) is 5.32 Å². The Bertz CT molecular complexity index is 549. The molecular formula is C15H21N3O4. The minimum Gasteiger partial charge on any atom is -0.391 e. The second-order valence-electron chi connectivity index (χ2n) is 5.50. The van der Waals surface area contributed by atoms with E-state index in [0.717, 1.165) is 6.42 Å². The number of carbonyl (C=O) groups is 1. The first kappa shape index (κ1) is 16.2. The molecule has 0 bridgehead atoms. The zero-order chi connectivity index (χ0) is 16.1. The fraction of sp³-hybridized carbons (Fsp3) is 0.533. The summed E-state index contributed by atoms with van der Waals surface area (Å²) in [6, 6.07) is 5.78. The van der Waals surface area contributed by atoms with Gasteiger partial charge >= 0.3 is 6.03 Å². The first-order valence-electron chi connectivity index (χ1n) is 7.49. The summed E-state index contributed by atoms with van der Waals surface area (Å²) in [5.74, 6) is 0. The fourth-order valence-corrected chi connectivity index (χ4v) is 2.66. The summed E-state index contributed by atoms with van der Waals surface area (Å²) in [6.45, 7) is 2.86. The second-order valence-corrected chi connectivity index (χ2v) is 5.50. The van der Waals surface area contributed by atoms with Gasteiger partial charge in [0, 0.05) is 25.2 Å². The van der Waals surface area contributed by atoms with E-state index in [4.69, 9.17) is 0 Å². The van der Waals surface area contributed by atoms with Crippen LogP contribution in [0.15, 0.2) is 24.3 Å². The number of nitrogens with zero attached hydrogens (tertiary/aromatic N) is 2. The number of piperidine rings is 1. The maximum atomic E-state index is 12.3. The van der Waals surface area contributed by atoms with Gasteiger partial charge in [-0.3, -0.25) is 10.1 Å². The van der Waals surface area contributed by atoms with Crippen LogP contribution >= 0.6 is 0 Å². The predicted molar refractivity (Wildman–Crippen MR) is 81.5 cm³/mol. The maximum absolute atomic E-state index is 12.3. The Labute approximate surface area is 129 Å². The lowest BCUT2D eigenvalue weighted by molar-refractivity contribution is -0.384. The van der Waals surface area contributed by atoms with Crippen LogP contribution in [0.1, 0.15) is 37.8 Å². The first-order chi connectivity index (χ1) is 10.5. The van der Waals surface area contributed by atoms with Crippen LogP contribution in [0.2, 0.25) is 0 Å². The molecule has 7 heteroatoms. The van der Waals surface area contributed by atoms with Crippen LogP contribution in [0.4, 0.5) is 10.5 Å². The van der Waals surface area contributed by atoms with Crippen molar-refractivity contribution in [2.24, 2.45) is 0 Å². The summed E-state index contributed by atoms with van der Waals surface area (Å²) in [6.07, 6.45) is 1.65. The van der Waals surface area contributed by atoms with Gasteiger partial charge < -0.3 is 15.3 Å². The average Bonchev–Trinajstić information content (AvgIpc) is 2.52. The molecular weight excluding hydrogens is 286 g/mol. The van der Waals surface area contributed by atoms with Gasteiger partial charge in [-0.2, -0.15) is 0 Å². The number of hydrogen-bond acceptors (Lipinski definition) is 4. The average molecular weight is 307 g/mol. The number of nitro groups is 1. The Morgan fingerprint density at radius 2 is 2.36 bits per heavy atom. The largest absolute Gasteiger partial charge is 0.391 e. The van der Waals surface area contributed by atoms with E-state index < -0.39 is 11.0 Å². The molecule has 0 aliphatic carbocycles. The van der Waals surface area contributed by atoms with Crippen LogP contribution in [0.3, 0.4) is 0 Å². The highest BCUT2D eigenvalue weighted by Crippen LogP contribution is 2.22. The number of non-ortho nitro benzene ring substituents is 1. The van der Waals surface area contributed by atoms with Crippen molar-refractivity contribution in [3.8, 4) is 0 Å². The van der Waals surface area contributed by atoms with Crippen LogP contribution in [-0.2, 0) is 0 Å². The van der Waals surface area contributed by atoms with E-state index in [0.29, 0.717) is 31.5 Å². The molecule has 1 aliphatic rings. The van der Waals surface area contributed by atoms with Crippen molar-refractivity contribution in [1.29, 1.82) is 0 Å². The molecule has 0 spiro atoms. The van der Waals surface area contributed by atoms with Crippen molar-refractivity contribution in [3.05, 3.63) is 39.9 Å². The number of carbonyl (C=O) groups excluding carboxylic acids is 1. The summed E-state index contributed by atoms with van der Waals surface area (Å²) in [7, 11) is 0. The number of nitro benzene ring substituents is 1. The number of hydrogen-bond donors (Lipinski definition) is 2. The van der Waals surface area contributed by atoms with E-state index in [1.165, 1.54) is 12.1 Å². The number of urea groups is 1. The monoisotopic (exact) mass is 307 g/mol. The lowest BCUT2D eigenvalue weighted by Gasteiger charge is -2.31. The van der Waals surface area contributed by atoms with E-state index in [1.807, 2.05) is 6.92 Å². The Morgan fingerprint density at radius 1 is 1.59 bits per heavy atom. The van der Waals surface area contributed by atoms with Crippen molar-refractivity contribution in [1.82, 2.24) is 10.2 Å². The summed E-state index contributed by atoms with van der Waals surface area (Å²) < 4.78 is 0. The first-order valence-corrected chi connectivity index (χ1v) is 7.49. The number of β-amino-alcohol motifs (C(OH)–C–C–N with tert-alkyl or cyclic N) is 1. The van der Waals surface area contributed by atoms with Crippen LogP contribution in [-0.4, -0.2) is 40.2 Å². The number of benzene rings is 1. The number of nitrogens with one attached hydrogen (secondary N) is 1. The topological polar surface area (TPSA) is 95.7 Å². The van der Waals surface area contributed by atoms with Crippen molar-refractivity contribution in [3.63, 3.8) is 0 Å². The molecule has 2 atom stereocenters. The van der Waals surface area contributed by atoms with E-state index in [1.54, 1.807) is 17.0 Å². The molecule has 1 aliphatic heterocycles. The molecule has 120 valence electrons. The normalized spacial score (nSPS) is 19.5. The molecule has 2 amide bonds. The van der Waals surface area contributed by atoms with E-state index in [-0.39, 0.29) is 17.8 Å². The van der Waals surface area contributed by atoms with Crippen LogP contribution < -0.4 is 5.32 Å². The van der Waals surface area contributed by atoms with Gasteiger partial charge in [-0.25, -0.2) is 4.79 Å². The van der Waals surface area contributed by atoms with Crippen molar-refractivity contribution < 1.29 is 14.8 Å². The molecule has 2 N–H and O–H groups in total. The lowest BCUT2D eigenvalue weighted by atomic mass is 10.0. The molecule has 0 radical (unpaired) electrons. The molecule has 22 heavy (non-hydrogen) atoms. The molecule has 2 unspecified atom stereocenters. The highest BCUT2D eigenvalue weighted by Gasteiger charge is 2.24. The third-order valence-corrected chi connectivity index (χ3v) is 3.87. The number of aliphatic hydroxyl groups is 1. The summed E-state index contributed by atoms with van der Waals surface area (Å²) >= 11 is 0. The van der Waals surface area contributed by atoms with E-state index >= 15 is 0 Å². The van der Waals surface area contributed by atoms with Crippen LogP contribution in [0, 0.1) is 10.1 Å². The van der Waals surface area contributed by atoms with Gasteiger partial charge in [0.25, 0.3) is 5.69 Å². The third-order valence-electron chi connectivity index (χ3n) is 3.87. The number of rotatable bonds is 4. The molecule has 1 aromatic carbocycles. The zero-order valence-electron chi connectivity index (χ0n) is 12.6. The smallest absolute Gasteiger partial charge is 0.317 e. The van der Waals surface area contributed by atoms with E-state index in [9.17, 15) is 20.0 Å². The van der Waals surface area contributed by atoms with Crippen LogP contribution in [0.5, 0.6) is 0 Å². The fourth-order valence-electron chi connectivity index (χ4n) is 2.66. The van der Waals surface area contributed by atoms with Crippen molar-refractivity contribution >= 4 is 11.7 Å². The maximum Gasteiger partial charge on any atom is 0.317 e. The van der Waals surface area contributed by atoms with Gasteiger partial charge in [-0.05, 0) is 24.8 Å². The summed E-state index contributed by atoms with van der Waals surface area (Å²) in [5, 5.41) is 23.4. The standard InChI is InChI=1S/C15H21N3O4/c1-2-14(11-5-3-6-12(9-11)18(21)22)16-15(20)17-8-4-7-13(19)10-17/h3,5-6,9,13-14,19H,2,4,7-8,10H2,1H3,(H,16,20). The molecule has 2 rings (SSSR count). The Hall–Kier alpha value is -2.15. The zero-order valence-corrected chi connectivity index (χ0v) is 12.6. The molecule has 0 aromatic heterocycles. The number of likely N-dealkylation sites (tertiary alicyclic amines) is 1. The lowest BCUT2D eigenvalue weighted by Crippen LogP contribution is -2.47. The van der Waals surface area contributed by atoms with Gasteiger partial charge in [0.15, 0.2) is 0 Å². The second kappa shape index (κ2) is 7.22. The summed E-state index contributed by atoms with van der Waals surface area (Å²) in [5.41, 5.74) is 0.723. The van der Waals surface area contributed by atoms with Gasteiger partial charge in [-0.15, -0.1) is 0 Å². The molecule has 1 aromatic rings. The molecule has 1 fully saturated rings. The molecule has 0 saturated carbocycles. The van der Waals surface area contributed by atoms with Crippen LogP contribution in [0.25, 0.3) is 0 Å². The number of aliphatic hydroxyl groups excluding tert-OH is 1. The third kappa shape index (κ3) is 3.94. The SMILES string of the molecule is CCC(NC(=O)N1CCCC(O)C1)c1cccc([N+](=O)[O-])c1. The van der Waals surface area contributed by atoms with Gasteiger partial charge in [0.2, 0.25) is 0 Å². The molecule has 1 saturated heterocycles. The van der Waals surface area contributed by atoms with Gasteiger partial charge in [0.1, 0.15) is 0 Å². The highest BCUT2D eigenvalue weighted by molar-refractivity contribution is 5.75.